The van der Waals surface area contributed by atoms with Gasteiger partial charge in [-0.25, -0.2) is 8.78 Å². The minimum Gasteiger partial charge on any atom is -0.380 e. The molecule has 0 amide bonds. The van der Waals surface area contributed by atoms with Gasteiger partial charge in [-0.2, -0.15) is 11.8 Å². The Labute approximate surface area is 113 Å². The first kappa shape index (κ1) is 14.0. The van der Waals surface area contributed by atoms with Gasteiger partial charge in [0.05, 0.1) is 17.1 Å². The number of anilines is 1. The topological polar surface area (TPSA) is 55.2 Å². The number of nitrogens with one attached hydrogen (secondary N) is 1. The Hall–Kier alpha value is -1.37. The Balaban J connectivity index is 2.05. The summed E-state index contributed by atoms with van der Waals surface area (Å²) >= 11 is 1.88. The van der Waals surface area contributed by atoms with Crippen LogP contribution in [-0.2, 0) is 0 Å². The summed E-state index contributed by atoms with van der Waals surface area (Å²) < 4.78 is 27.2. The molecule has 1 fully saturated rings. The SMILES string of the molecule is O=[N+]([O-])c1cc(F)c(NCC2CCSCC2)c(F)c1. The molecule has 0 atom stereocenters. The first-order valence-corrected chi connectivity index (χ1v) is 7.18. The average molecular weight is 288 g/mol. The van der Waals surface area contributed by atoms with Gasteiger partial charge in [-0.15, -0.1) is 0 Å². The second-order valence-electron chi connectivity index (χ2n) is 4.48. The summed E-state index contributed by atoms with van der Waals surface area (Å²) in [5.74, 6) is 0.693. The van der Waals surface area contributed by atoms with Gasteiger partial charge in [0.15, 0.2) is 11.6 Å². The van der Waals surface area contributed by atoms with Gasteiger partial charge in [-0.3, -0.25) is 10.1 Å². The fourth-order valence-electron chi connectivity index (χ4n) is 2.03. The van der Waals surface area contributed by atoms with E-state index in [-0.39, 0.29) is 5.69 Å². The summed E-state index contributed by atoms with van der Waals surface area (Å²) in [6.45, 7) is 0.492. The number of thioether (sulfide) groups is 1. The first-order chi connectivity index (χ1) is 9.08. The zero-order chi connectivity index (χ0) is 13.8. The molecule has 7 heteroatoms. The standard InChI is InChI=1S/C12H14F2N2O2S/c13-10-5-9(16(17)18)6-11(14)12(10)15-7-8-1-3-19-4-2-8/h5-6,8,15H,1-4,7H2. The summed E-state index contributed by atoms with van der Waals surface area (Å²) in [7, 11) is 0. The minimum absolute atomic E-state index is 0.274. The van der Waals surface area contributed by atoms with Crippen molar-refractivity contribution in [3.05, 3.63) is 33.9 Å². The van der Waals surface area contributed by atoms with Gasteiger partial charge in [0.2, 0.25) is 0 Å². The van der Waals surface area contributed by atoms with Crippen LogP contribution in [0.25, 0.3) is 0 Å². The van der Waals surface area contributed by atoms with E-state index in [1.807, 2.05) is 11.8 Å². The van der Waals surface area contributed by atoms with E-state index in [1.54, 1.807) is 0 Å². The summed E-state index contributed by atoms with van der Waals surface area (Å²) in [5.41, 5.74) is -0.849. The summed E-state index contributed by atoms with van der Waals surface area (Å²) in [6, 6.07) is 1.48. The number of nitro groups is 1. The molecule has 2 rings (SSSR count). The molecule has 0 spiro atoms. The molecule has 1 aliphatic rings. The molecule has 0 radical (unpaired) electrons. The second-order valence-corrected chi connectivity index (χ2v) is 5.70. The number of non-ortho nitro benzene ring substituents is 1. The van der Waals surface area contributed by atoms with Crippen molar-refractivity contribution in [1.82, 2.24) is 0 Å². The maximum Gasteiger partial charge on any atom is 0.275 e. The number of nitrogens with zero attached hydrogens (tertiary/aromatic N) is 1. The third-order valence-corrected chi connectivity index (χ3v) is 4.19. The van der Waals surface area contributed by atoms with E-state index in [0.717, 1.165) is 36.5 Å². The van der Waals surface area contributed by atoms with E-state index < -0.39 is 22.2 Å². The fourth-order valence-corrected chi connectivity index (χ4v) is 3.24. The summed E-state index contributed by atoms with van der Waals surface area (Å²) in [4.78, 5) is 9.66. The Bertz CT molecular complexity index is 456. The monoisotopic (exact) mass is 288 g/mol. The maximum atomic E-state index is 13.6. The molecule has 1 aromatic rings. The molecule has 104 valence electrons. The van der Waals surface area contributed by atoms with Gasteiger partial charge >= 0.3 is 0 Å². The van der Waals surface area contributed by atoms with E-state index in [4.69, 9.17) is 0 Å². The van der Waals surface area contributed by atoms with E-state index in [0.29, 0.717) is 12.5 Å². The molecular formula is C12H14F2N2O2S. The van der Waals surface area contributed by atoms with Crippen LogP contribution in [0.5, 0.6) is 0 Å². The number of hydrogen-bond acceptors (Lipinski definition) is 4. The van der Waals surface area contributed by atoms with Crippen LogP contribution in [0.3, 0.4) is 0 Å². The molecule has 1 aliphatic heterocycles. The molecule has 0 saturated carbocycles. The summed E-state index contributed by atoms with van der Waals surface area (Å²) in [5, 5.41) is 13.2. The quantitative estimate of drug-likeness (QED) is 0.681. The zero-order valence-electron chi connectivity index (χ0n) is 10.2. The Kier molecular flexibility index (Phi) is 4.57. The molecule has 1 N–H and O–H groups in total. The van der Waals surface area contributed by atoms with E-state index in [9.17, 15) is 18.9 Å². The highest BCUT2D eigenvalue weighted by Gasteiger charge is 2.19. The lowest BCUT2D eigenvalue weighted by Crippen LogP contribution is -2.20. The molecule has 1 saturated heterocycles. The van der Waals surface area contributed by atoms with Crippen molar-refractivity contribution in [2.75, 3.05) is 23.4 Å². The van der Waals surface area contributed by atoms with Crippen LogP contribution in [0.2, 0.25) is 0 Å². The lowest BCUT2D eigenvalue weighted by Gasteiger charge is -2.22. The molecule has 4 nitrogen and oxygen atoms in total. The van der Waals surface area contributed by atoms with E-state index in [1.165, 1.54) is 0 Å². The van der Waals surface area contributed by atoms with Crippen LogP contribution in [0.1, 0.15) is 12.8 Å². The average Bonchev–Trinajstić information content (AvgIpc) is 2.38. The van der Waals surface area contributed by atoms with Crippen molar-refractivity contribution < 1.29 is 13.7 Å². The smallest absolute Gasteiger partial charge is 0.275 e. The molecule has 0 bridgehead atoms. The largest absolute Gasteiger partial charge is 0.380 e. The molecule has 1 aromatic carbocycles. The maximum absolute atomic E-state index is 13.6. The van der Waals surface area contributed by atoms with Crippen LogP contribution in [0, 0.1) is 27.7 Å². The Morgan fingerprint density at radius 3 is 2.42 bits per heavy atom. The Morgan fingerprint density at radius 1 is 1.32 bits per heavy atom. The van der Waals surface area contributed by atoms with Gasteiger partial charge in [-0.1, -0.05) is 0 Å². The highest BCUT2D eigenvalue weighted by atomic mass is 32.2. The summed E-state index contributed by atoms with van der Waals surface area (Å²) in [6.07, 6.45) is 2.04. The normalized spacial score (nSPS) is 16.3. The van der Waals surface area contributed by atoms with Crippen LogP contribution < -0.4 is 5.32 Å². The minimum atomic E-state index is -0.920. The molecule has 0 unspecified atom stereocenters. The molecule has 0 aliphatic carbocycles. The van der Waals surface area contributed by atoms with Crippen molar-refractivity contribution in [2.45, 2.75) is 12.8 Å². The number of hydrogen-bond donors (Lipinski definition) is 1. The highest BCUT2D eigenvalue weighted by Crippen LogP contribution is 2.27. The van der Waals surface area contributed by atoms with Crippen LogP contribution >= 0.6 is 11.8 Å². The predicted molar refractivity (Wildman–Crippen MR) is 71.6 cm³/mol. The van der Waals surface area contributed by atoms with Crippen molar-refractivity contribution in [2.24, 2.45) is 5.92 Å². The van der Waals surface area contributed by atoms with Gasteiger partial charge in [-0.05, 0) is 30.3 Å². The van der Waals surface area contributed by atoms with Crippen molar-refractivity contribution in [3.8, 4) is 0 Å². The zero-order valence-corrected chi connectivity index (χ0v) is 11.0. The van der Waals surface area contributed by atoms with Gasteiger partial charge in [0.25, 0.3) is 5.69 Å². The Morgan fingerprint density at radius 2 is 1.89 bits per heavy atom. The third-order valence-electron chi connectivity index (χ3n) is 3.15. The van der Waals surface area contributed by atoms with Crippen LogP contribution in [0.4, 0.5) is 20.2 Å². The van der Waals surface area contributed by atoms with Gasteiger partial charge < -0.3 is 5.32 Å². The lowest BCUT2D eigenvalue weighted by atomic mass is 10.0. The van der Waals surface area contributed by atoms with Crippen LogP contribution in [0.15, 0.2) is 12.1 Å². The number of nitro benzene ring substituents is 1. The lowest BCUT2D eigenvalue weighted by molar-refractivity contribution is -0.385. The number of rotatable bonds is 4. The number of benzene rings is 1. The van der Waals surface area contributed by atoms with Crippen molar-refractivity contribution in [3.63, 3.8) is 0 Å². The molecule has 1 heterocycles. The number of halogens is 2. The van der Waals surface area contributed by atoms with Crippen molar-refractivity contribution in [1.29, 1.82) is 0 Å². The van der Waals surface area contributed by atoms with Crippen LogP contribution in [-0.4, -0.2) is 23.0 Å². The van der Waals surface area contributed by atoms with Gasteiger partial charge in [0.1, 0.15) is 5.69 Å². The molecule has 19 heavy (non-hydrogen) atoms. The van der Waals surface area contributed by atoms with E-state index in [2.05, 4.69) is 5.32 Å². The molecule has 0 aromatic heterocycles. The van der Waals surface area contributed by atoms with E-state index >= 15 is 0 Å². The third kappa shape index (κ3) is 3.56. The second kappa shape index (κ2) is 6.18. The van der Waals surface area contributed by atoms with Gasteiger partial charge in [0, 0.05) is 6.54 Å². The fraction of sp³-hybridized carbons (Fsp3) is 0.500. The van der Waals surface area contributed by atoms with Crippen molar-refractivity contribution >= 4 is 23.1 Å². The highest BCUT2D eigenvalue weighted by molar-refractivity contribution is 7.99. The first-order valence-electron chi connectivity index (χ1n) is 6.03. The molecular weight excluding hydrogens is 274 g/mol. The predicted octanol–water partition coefficient (Wildman–Crippen LogP) is 3.43.